The summed E-state index contributed by atoms with van der Waals surface area (Å²) >= 11 is 1.35. The molecule has 3 aromatic rings. The molecule has 0 saturated carbocycles. The predicted octanol–water partition coefficient (Wildman–Crippen LogP) is 3.47. The summed E-state index contributed by atoms with van der Waals surface area (Å²) in [6.45, 7) is 0.150. The zero-order valence-electron chi connectivity index (χ0n) is 15.3. The van der Waals surface area contributed by atoms with Crippen LogP contribution in [0.3, 0.4) is 0 Å². The van der Waals surface area contributed by atoms with Crippen LogP contribution in [0.4, 0.5) is 10.8 Å². The molecule has 3 heterocycles. The fourth-order valence-corrected chi connectivity index (χ4v) is 4.06. The van der Waals surface area contributed by atoms with Crippen LogP contribution in [0.1, 0.15) is 12.0 Å². The summed E-state index contributed by atoms with van der Waals surface area (Å²) in [7, 11) is 0. The van der Waals surface area contributed by atoms with Gasteiger partial charge in [0.1, 0.15) is 6.61 Å². The van der Waals surface area contributed by atoms with Crippen LogP contribution in [-0.2, 0) is 16.0 Å². The quantitative estimate of drug-likeness (QED) is 0.694. The largest absolute Gasteiger partial charge is 0.485 e. The van der Waals surface area contributed by atoms with Gasteiger partial charge in [-0.15, -0.1) is 11.3 Å². The maximum absolute atomic E-state index is 12.6. The highest BCUT2D eigenvalue weighted by Crippen LogP contribution is 2.32. The van der Waals surface area contributed by atoms with Crippen molar-refractivity contribution in [2.24, 2.45) is 0 Å². The first kappa shape index (κ1) is 17.7. The second-order valence-corrected chi connectivity index (χ2v) is 7.67. The molecule has 29 heavy (non-hydrogen) atoms. The van der Waals surface area contributed by atoms with Crippen molar-refractivity contribution in [2.45, 2.75) is 18.9 Å². The number of rotatable bonds is 3. The van der Waals surface area contributed by atoms with Gasteiger partial charge in [-0.1, -0.05) is 18.2 Å². The Morgan fingerprint density at radius 2 is 2.03 bits per heavy atom. The summed E-state index contributed by atoms with van der Waals surface area (Å²) in [5.74, 6) is 0.936. The first-order valence-corrected chi connectivity index (χ1v) is 10.1. The Balaban J connectivity index is 1.28. The standard InChI is InChI=1S/C21H17N3O4S/c25-19-8-6-12-9-13(5-7-14(12)22-19)15-11-29-21(23-15)24-20(26)18-10-27-16-3-1-2-4-17(16)28-18/h1-5,7,9,11,18H,6,8,10H2,(H,22,25)(H,23,24,26)/t18-/m0/s1. The molecule has 7 nitrogen and oxygen atoms in total. The number of amides is 2. The summed E-state index contributed by atoms with van der Waals surface area (Å²) in [4.78, 5) is 28.6. The van der Waals surface area contributed by atoms with Gasteiger partial charge in [0, 0.05) is 23.1 Å². The van der Waals surface area contributed by atoms with Crippen molar-refractivity contribution in [2.75, 3.05) is 17.2 Å². The van der Waals surface area contributed by atoms with Gasteiger partial charge in [0.25, 0.3) is 5.91 Å². The van der Waals surface area contributed by atoms with E-state index < -0.39 is 6.10 Å². The van der Waals surface area contributed by atoms with E-state index in [1.807, 2.05) is 35.7 Å². The minimum absolute atomic E-state index is 0.0421. The summed E-state index contributed by atoms with van der Waals surface area (Å²) in [6.07, 6.45) is 0.467. The van der Waals surface area contributed by atoms with Crippen LogP contribution in [0, 0.1) is 0 Å². The number of nitrogens with one attached hydrogen (secondary N) is 2. The SMILES string of the molecule is O=C1CCc2cc(-c3csc(NC(=O)[C@@H]4COc5ccccc5O4)n3)ccc2N1. The summed E-state index contributed by atoms with van der Waals surface area (Å²) in [5, 5.41) is 8.07. The average molecular weight is 407 g/mol. The molecule has 0 aliphatic carbocycles. The molecule has 2 aromatic carbocycles. The van der Waals surface area contributed by atoms with E-state index in [1.165, 1.54) is 11.3 Å². The van der Waals surface area contributed by atoms with E-state index in [2.05, 4.69) is 15.6 Å². The molecule has 0 radical (unpaired) electrons. The number of para-hydroxylation sites is 2. The lowest BCUT2D eigenvalue weighted by molar-refractivity contribution is -0.125. The minimum Gasteiger partial charge on any atom is -0.485 e. The van der Waals surface area contributed by atoms with Crippen molar-refractivity contribution in [3.05, 3.63) is 53.4 Å². The molecule has 0 bridgehead atoms. The molecule has 0 spiro atoms. The minimum atomic E-state index is -0.732. The van der Waals surface area contributed by atoms with E-state index in [1.54, 1.807) is 12.1 Å². The first-order chi connectivity index (χ1) is 14.2. The molecular formula is C21H17N3O4S. The summed E-state index contributed by atoms with van der Waals surface area (Å²) in [6, 6.07) is 13.1. The Labute approximate surface area is 170 Å². The van der Waals surface area contributed by atoms with Crippen molar-refractivity contribution in [1.29, 1.82) is 0 Å². The van der Waals surface area contributed by atoms with Crippen LogP contribution < -0.4 is 20.1 Å². The highest BCUT2D eigenvalue weighted by Gasteiger charge is 2.28. The third-order valence-corrected chi connectivity index (χ3v) is 5.59. The van der Waals surface area contributed by atoms with Gasteiger partial charge in [0.15, 0.2) is 16.6 Å². The van der Waals surface area contributed by atoms with Crippen LogP contribution >= 0.6 is 11.3 Å². The lowest BCUT2D eigenvalue weighted by Crippen LogP contribution is -2.40. The maximum Gasteiger partial charge on any atom is 0.270 e. The van der Waals surface area contributed by atoms with Crippen molar-refractivity contribution in [1.82, 2.24) is 4.98 Å². The molecule has 0 fully saturated rings. The number of aromatic nitrogens is 1. The number of ether oxygens (including phenoxy) is 2. The second-order valence-electron chi connectivity index (χ2n) is 6.81. The Bertz CT molecular complexity index is 1110. The number of nitrogens with zero attached hydrogens (tertiary/aromatic N) is 1. The molecule has 2 aliphatic rings. The van der Waals surface area contributed by atoms with E-state index in [-0.39, 0.29) is 18.4 Å². The molecule has 0 saturated heterocycles. The number of thiazole rings is 1. The van der Waals surface area contributed by atoms with Gasteiger partial charge >= 0.3 is 0 Å². The van der Waals surface area contributed by atoms with Crippen molar-refractivity contribution in [3.63, 3.8) is 0 Å². The molecule has 146 valence electrons. The van der Waals surface area contributed by atoms with Crippen LogP contribution in [0.25, 0.3) is 11.3 Å². The Hall–Kier alpha value is -3.39. The molecule has 2 aliphatic heterocycles. The van der Waals surface area contributed by atoms with Crippen LogP contribution in [0.5, 0.6) is 11.5 Å². The van der Waals surface area contributed by atoms with Crippen LogP contribution in [0.15, 0.2) is 47.8 Å². The summed E-state index contributed by atoms with van der Waals surface area (Å²) in [5.41, 5.74) is 3.66. The van der Waals surface area contributed by atoms with E-state index in [9.17, 15) is 9.59 Å². The number of benzene rings is 2. The highest BCUT2D eigenvalue weighted by molar-refractivity contribution is 7.14. The van der Waals surface area contributed by atoms with Gasteiger partial charge in [-0.3, -0.25) is 14.9 Å². The number of carbonyl (C=O) groups excluding carboxylic acids is 2. The number of anilines is 2. The van der Waals surface area contributed by atoms with Crippen molar-refractivity contribution < 1.29 is 19.1 Å². The molecule has 8 heteroatoms. The van der Waals surface area contributed by atoms with Gasteiger partial charge in [0.05, 0.1) is 5.69 Å². The lowest BCUT2D eigenvalue weighted by atomic mass is 9.99. The van der Waals surface area contributed by atoms with Crippen molar-refractivity contribution in [3.8, 4) is 22.8 Å². The number of aryl methyl sites for hydroxylation is 1. The van der Waals surface area contributed by atoms with Gasteiger partial charge < -0.3 is 14.8 Å². The number of hydrogen-bond acceptors (Lipinski definition) is 6. The zero-order chi connectivity index (χ0) is 19.8. The van der Waals surface area contributed by atoms with Gasteiger partial charge in [-0.2, -0.15) is 0 Å². The zero-order valence-corrected chi connectivity index (χ0v) is 16.1. The predicted molar refractivity (Wildman–Crippen MR) is 109 cm³/mol. The Morgan fingerprint density at radius 1 is 1.17 bits per heavy atom. The first-order valence-electron chi connectivity index (χ1n) is 9.24. The topological polar surface area (TPSA) is 89.6 Å². The van der Waals surface area contributed by atoms with E-state index in [0.717, 1.165) is 22.5 Å². The molecule has 1 atom stereocenters. The fourth-order valence-electron chi connectivity index (χ4n) is 3.34. The molecule has 2 N–H and O–H groups in total. The number of carbonyl (C=O) groups is 2. The van der Waals surface area contributed by atoms with Crippen molar-refractivity contribution >= 4 is 34.0 Å². The highest BCUT2D eigenvalue weighted by atomic mass is 32.1. The Kier molecular flexibility index (Phi) is 4.40. The normalized spacial score (nSPS) is 17.2. The molecule has 5 rings (SSSR count). The Morgan fingerprint density at radius 3 is 2.93 bits per heavy atom. The number of fused-ring (bicyclic) bond motifs is 2. The third kappa shape index (κ3) is 3.54. The summed E-state index contributed by atoms with van der Waals surface area (Å²) < 4.78 is 11.3. The second kappa shape index (κ2) is 7.21. The van der Waals surface area contributed by atoms with Crippen LogP contribution in [-0.4, -0.2) is 29.5 Å². The average Bonchev–Trinajstić information content (AvgIpc) is 3.21. The van der Waals surface area contributed by atoms with E-state index >= 15 is 0 Å². The van der Waals surface area contributed by atoms with Crippen LogP contribution in [0.2, 0.25) is 0 Å². The third-order valence-electron chi connectivity index (χ3n) is 4.83. The molecule has 2 amide bonds. The maximum atomic E-state index is 12.6. The molecular weight excluding hydrogens is 390 g/mol. The van der Waals surface area contributed by atoms with Gasteiger partial charge in [0.2, 0.25) is 12.0 Å². The fraction of sp³-hybridized carbons (Fsp3) is 0.190. The molecule has 1 aromatic heterocycles. The van der Waals surface area contributed by atoms with E-state index in [4.69, 9.17) is 9.47 Å². The van der Waals surface area contributed by atoms with E-state index in [0.29, 0.717) is 29.5 Å². The molecule has 0 unspecified atom stereocenters. The lowest BCUT2D eigenvalue weighted by Gasteiger charge is -2.25. The smallest absolute Gasteiger partial charge is 0.270 e. The monoisotopic (exact) mass is 407 g/mol. The van der Waals surface area contributed by atoms with Gasteiger partial charge in [-0.25, -0.2) is 4.98 Å². The van der Waals surface area contributed by atoms with Gasteiger partial charge in [-0.05, 0) is 36.2 Å². The number of hydrogen-bond donors (Lipinski definition) is 2.